The first kappa shape index (κ1) is 26.0. The van der Waals surface area contributed by atoms with Gasteiger partial charge in [-0.1, -0.05) is 67.4 Å². The number of halogens is 2. The largest absolute Gasteiger partial charge is 0.352 e. The van der Waals surface area contributed by atoms with Crippen LogP contribution < -0.4 is 10.2 Å². The van der Waals surface area contributed by atoms with E-state index in [2.05, 4.69) is 5.32 Å². The van der Waals surface area contributed by atoms with E-state index >= 15 is 0 Å². The molecule has 2 atom stereocenters. The Bertz CT molecular complexity index is 1320. The highest BCUT2D eigenvalue weighted by Gasteiger charge is 2.35. The average Bonchev–Trinajstić information content (AvgIpc) is 3.13. The van der Waals surface area contributed by atoms with Gasteiger partial charge in [0.1, 0.15) is 12.6 Å². The van der Waals surface area contributed by atoms with Gasteiger partial charge in [-0.3, -0.25) is 19.3 Å². The Morgan fingerprint density at radius 1 is 1.00 bits per heavy atom. The topological polar surface area (TPSA) is 69.7 Å². The van der Waals surface area contributed by atoms with E-state index in [9.17, 15) is 14.4 Å². The van der Waals surface area contributed by atoms with Gasteiger partial charge < -0.3 is 10.2 Å². The van der Waals surface area contributed by atoms with Crippen LogP contribution in [0.25, 0.3) is 10.8 Å². The third-order valence-corrected chi connectivity index (χ3v) is 7.41. The van der Waals surface area contributed by atoms with Crippen LogP contribution in [0.2, 0.25) is 10.0 Å². The summed E-state index contributed by atoms with van der Waals surface area (Å²) < 4.78 is 0. The maximum absolute atomic E-state index is 13.8. The van der Waals surface area contributed by atoms with E-state index in [1.54, 1.807) is 24.3 Å². The Balaban J connectivity index is 1.66. The molecular weight excluding hydrogens is 497 g/mol. The predicted octanol–water partition coefficient (Wildman–Crippen LogP) is 5.83. The van der Waals surface area contributed by atoms with E-state index in [0.717, 1.165) is 22.8 Å². The molecule has 8 heteroatoms. The minimum absolute atomic E-state index is 0.0271. The molecule has 1 heterocycles. The zero-order chi connectivity index (χ0) is 26.0. The van der Waals surface area contributed by atoms with Crippen LogP contribution in [0.1, 0.15) is 49.5 Å². The summed E-state index contributed by atoms with van der Waals surface area (Å²) in [7, 11) is 0. The van der Waals surface area contributed by atoms with Gasteiger partial charge in [0.2, 0.25) is 11.8 Å². The molecule has 0 bridgehead atoms. The van der Waals surface area contributed by atoms with Crippen LogP contribution in [-0.2, 0) is 16.1 Å². The first-order valence-corrected chi connectivity index (χ1v) is 12.9. The highest BCUT2D eigenvalue weighted by Crippen LogP contribution is 2.37. The third-order valence-electron chi connectivity index (χ3n) is 6.67. The number of anilines is 1. The van der Waals surface area contributed by atoms with Gasteiger partial charge in [0, 0.05) is 23.5 Å². The molecule has 3 amide bonds. The van der Waals surface area contributed by atoms with E-state index < -0.39 is 6.04 Å². The number of hydrogen-bond donors (Lipinski definition) is 1. The summed E-state index contributed by atoms with van der Waals surface area (Å²) in [6, 6.07) is 15.6. The smallest absolute Gasteiger partial charge is 0.259 e. The van der Waals surface area contributed by atoms with Crippen LogP contribution in [0.4, 0.5) is 5.69 Å². The quantitative estimate of drug-likeness (QED) is 0.382. The standard InChI is InChI=1S/C28H29Cl2N3O3/c1-4-17(3)31-27(35)23(5-2)32(15-18-12-13-21(29)22(30)14-18)25(34)16-33-24-11-7-9-19-8-6-10-20(26(19)24)28(33)36/h6-14,17,23H,4-5,15-16H2,1-3H3,(H,31,35)/t17-,23-/m0/s1. The van der Waals surface area contributed by atoms with Crippen molar-refractivity contribution in [1.82, 2.24) is 10.2 Å². The Morgan fingerprint density at radius 3 is 2.39 bits per heavy atom. The fraction of sp³-hybridized carbons (Fsp3) is 0.321. The molecule has 188 valence electrons. The lowest BCUT2D eigenvalue weighted by Crippen LogP contribution is -2.53. The van der Waals surface area contributed by atoms with Gasteiger partial charge in [0.05, 0.1) is 15.7 Å². The van der Waals surface area contributed by atoms with Gasteiger partial charge in [0.15, 0.2) is 0 Å². The molecule has 0 spiro atoms. The summed E-state index contributed by atoms with van der Waals surface area (Å²) in [5, 5.41) is 5.56. The van der Waals surface area contributed by atoms with Crippen molar-refractivity contribution in [2.45, 2.75) is 52.2 Å². The Morgan fingerprint density at radius 2 is 1.72 bits per heavy atom. The Hall–Kier alpha value is -3.09. The van der Waals surface area contributed by atoms with E-state index in [0.29, 0.717) is 27.7 Å². The number of nitrogens with zero attached hydrogens (tertiary/aromatic N) is 2. The monoisotopic (exact) mass is 525 g/mol. The molecule has 4 rings (SSSR count). The number of benzene rings is 3. The van der Waals surface area contributed by atoms with Crippen LogP contribution in [0.15, 0.2) is 54.6 Å². The molecule has 36 heavy (non-hydrogen) atoms. The van der Waals surface area contributed by atoms with E-state index in [4.69, 9.17) is 23.2 Å². The molecule has 0 saturated carbocycles. The number of carbonyl (C=O) groups is 3. The van der Waals surface area contributed by atoms with Crippen molar-refractivity contribution < 1.29 is 14.4 Å². The van der Waals surface area contributed by atoms with Crippen molar-refractivity contribution in [3.8, 4) is 0 Å². The number of hydrogen-bond acceptors (Lipinski definition) is 3. The normalized spacial score (nSPS) is 14.1. The average molecular weight is 526 g/mol. The molecule has 0 fully saturated rings. The van der Waals surface area contributed by atoms with Gasteiger partial charge >= 0.3 is 0 Å². The maximum Gasteiger partial charge on any atom is 0.259 e. The zero-order valence-corrected chi connectivity index (χ0v) is 22.1. The summed E-state index contributed by atoms with van der Waals surface area (Å²) in [6.07, 6.45) is 1.19. The highest BCUT2D eigenvalue weighted by molar-refractivity contribution is 6.42. The van der Waals surface area contributed by atoms with Crippen LogP contribution >= 0.6 is 23.2 Å². The lowest BCUT2D eigenvalue weighted by Gasteiger charge is -2.33. The van der Waals surface area contributed by atoms with Crippen molar-refractivity contribution in [2.75, 3.05) is 11.4 Å². The highest BCUT2D eigenvalue weighted by atomic mass is 35.5. The second-order valence-corrected chi connectivity index (χ2v) is 9.90. The summed E-state index contributed by atoms with van der Waals surface area (Å²) in [5.41, 5.74) is 2.02. The second kappa shape index (κ2) is 10.9. The van der Waals surface area contributed by atoms with Crippen LogP contribution in [0.5, 0.6) is 0 Å². The molecule has 1 N–H and O–H groups in total. The zero-order valence-electron chi connectivity index (χ0n) is 20.6. The predicted molar refractivity (Wildman–Crippen MR) is 145 cm³/mol. The first-order valence-electron chi connectivity index (χ1n) is 12.1. The molecule has 3 aromatic rings. The number of amides is 3. The van der Waals surface area contributed by atoms with Gasteiger partial charge in [0.25, 0.3) is 5.91 Å². The minimum Gasteiger partial charge on any atom is -0.352 e. The fourth-order valence-electron chi connectivity index (χ4n) is 4.56. The molecular formula is C28H29Cl2N3O3. The van der Waals surface area contributed by atoms with Crippen molar-refractivity contribution in [3.05, 3.63) is 75.8 Å². The number of rotatable bonds is 9. The van der Waals surface area contributed by atoms with Crippen LogP contribution in [0, 0.1) is 0 Å². The molecule has 0 radical (unpaired) electrons. The van der Waals surface area contributed by atoms with Crippen LogP contribution in [-0.4, -0.2) is 41.2 Å². The van der Waals surface area contributed by atoms with Gasteiger partial charge in [-0.2, -0.15) is 0 Å². The van der Waals surface area contributed by atoms with E-state index in [1.165, 1.54) is 9.80 Å². The lowest BCUT2D eigenvalue weighted by molar-refractivity contribution is -0.140. The van der Waals surface area contributed by atoms with Crippen molar-refractivity contribution in [2.24, 2.45) is 0 Å². The minimum atomic E-state index is -0.711. The second-order valence-electron chi connectivity index (χ2n) is 9.08. The SMILES string of the molecule is CC[C@H](C)NC(=O)[C@H](CC)N(Cc1ccc(Cl)c(Cl)c1)C(=O)CN1C(=O)c2cccc3cccc1c23. The molecule has 0 unspecified atom stereocenters. The molecule has 3 aromatic carbocycles. The van der Waals surface area contributed by atoms with E-state index in [1.807, 2.05) is 51.1 Å². The summed E-state index contributed by atoms with van der Waals surface area (Å²) in [4.78, 5) is 43.3. The van der Waals surface area contributed by atoms with E-state index in [-0.39, 0.29) is 36.9 Å². The van der Waals surface area contributed by atoms with Crippen LogP contribution in [0.3, 0.4) is 0 Å². The third kappa shape index (κ3) is 5.06. The molecule has 0 saturated heterocycles. The molecule has 0 aromatic heterocycles. The Labute approximate surface area is 221 Å². The summed E-state index contributed by atoms with van der Waals surface area (Å²) in [6.45, 7) is 5.76. The lowest BCUT2D eigenvalue weighted by atomic mass is 10.1. The maximum atomic E-state index is 13.8. The van der Waals surface area contributed by atoms with Crippen molar-refractivity contribution >= 4 is 57.4 Å². The molecule has 1 aliphatic heterocycles. The number of nitrogens with one attached hydrogen (secondary N) is 1. The first-order chi connectivity index (χ1) is 17.2. The summed E-state index contributed by atoms with van der Waals surface area (Å²) in [5.74, 6) is -0.773. The summed E-state index contributed by atoms with van der Waals surface area (Å²) >= 11 is 12.3. The van der Waals surface area contributed by atoms with Crippen molar-refractivity contribution in [1.29, 1.82) is 0 Å². The van der Waals surface area contributed by atoms with Gasteiger partial charge in [-0.05, 0) is 55.0 Å². The Kier molecular flexibility index (Phi) is 7.86. The van der Waals surface area contributed by atoms with Gasteiger partial charge in [-0.25, -0.2) is 0 Å². The molecule has 1 aliphatic rings. The van der Waals surface area contributed by atoms with Crippen molar-refractivity contribution in [3.63, 3.8) is 0 Å². The van der Waals surface area contributed by atoms with Gasteiger partial charge in [-0.15, -0.1) is 0 Å². The molecule has 6 nitrogen and oxygen atoms in total. The fourth-order valence-corrected chi connectivity index (χ4v) is 4.88. The molecule has 0 aliphatic carbocycles. The number of carbonyl (C=O) groups excluding carboxylic acids is 3.